The minimum atomic E-state index is 0.0237. The van der Waals surface area contributed by atoms with Gasteiger partial charge < -0.3 is 15.0 Å². The summed E-state index contributed by atoms with van der Waals surface area (Å²) in [5.41, 5.74) is 9.02. The van der Waals surface area contributed by atoms with Crippen molar-refractivity contribution in [2.45, 2.75) is 29.3 Å². The smallest absolute Gasteiger partial charge is 0.168 e. The van der Waals surface area contributed by atoms with Crippen molar-refractivity contribution in [3.63, 3.8) is 0 Å². The van der Waals surface area contributed by atoms with Gasteiger partial charge in [-0.25, -0.2) is 4.98 Å². The van der Waals surface area contributed by atoms with Gasteiger partial charge in [-0.1, -0.05) is 17.8 Å². The van der Waals surface area contributed by atoms with E-state index in [1.165, 1.54) is 11.1 Å². The van der Waals surface area contributed by atoms with Crippen LogP contribution in [-0.2, 0) is 13.5 Å². The van der Waals surface area contributed by atoms with Crippen molar-refractivity contribution in [2.24, 2.45) is 12.8 Å². The van der Waals surface area contributed by atoms with E-state index in [1.54, 1.807) is 18.9 Å². The molecule has 0 spiro atoms. The molecule has 2 atom stereocenters. The first-order valence-electron chi connectivity index (χ1n) is 6.75. The Hall–Kier alpha value is -1.46. The highest BCUT2D eigenvalue weighted by Gasteiger charge is 2.28. The van der Waals surface area contributed by atoms with Crippen LogP contribution in [0.1, 0.15) is 23.6 Å². The Bertz CT molecular complexity index is 611. The van der Waals surface area contributed by atoms with E-state index >= 15 is 0 Å². The standard InChI is InChI=1S/C15H19N3OS/c1-18-8-7-17-15(18)20-13-6-4-10-3-5-11(19-2)9-12(10)14(13)16/h3,5,7-9,13-14H,4,6,16H2,1-2H3. The average Bonchev–Trinajstić information content (AvgIpc) is 2.87. The molecule has 2 aromatic rings. The molecule has 4 nitrogen and oxygen atoms in total. The van der Waals surface area contributed by atoms with Gasteiger partial charge in [0.05, 0.1) is 7.11 Å². The number of rotatable bonds is 3. The van der Waals surface area contributed by atoms with Crippen LogP contribution in [0.3, 0.4) is 0 Å². The fraction of sp³-hybridized carbons (Fsp3) is 0.400. The molecule has 0 aliphatic heterocycles. The SMILES string of the molecule is COc1ccc2c(c1)C(N)C(Sc1nccn1C)CC2. The highest BCUT2D eigenvalue weighted by atomic mass is 32.2. The number of hydrogen-bond acceptors (Lipinski definition) is 4. The van der Waals surface area contributed by atoms with Crippen LogP contribution < -0.4 is 10.5 Å². The summed E-state index contributed by atoms with van der Waals surface area (Å²) in [6.45, 7) is 0. The van der Waals surface area contributed by atoms with E-state index in [-0.39, 0.29) is 6.04 Å². The van der Waals surface area contributed by atoms with E-state index in [9.17, 15) is 0 Å². The Balaban J connectivity index is 1.84. The lowest BCUT2D eigenvalue weighted by Crippen LogP contribution is -2.29. The van der Waals surface area contributed by atoms with Gasteiger partial charge in [-0.15, -0.1) is 0 Å². The van der Waals surface area contributed by atoms with Gasteiger partial charge in [-0.3, -0.25) is 0 Å². The number of ether oxygens (including phenoxy) is 1. The molecule has 106 valence electrons. The van der Waals surface area contributed by atoms with Crippen LogP contribution in [-0.4, -0.2) is 21.9 Å². The van der Waals surface area contributed by atoms with Crippen LogP contribution in [0.4, 0.5) is 0 Å². The topological polar surface area (TPSA) is 53.1 Å². The fourth-order valence-electron chi connectivity index (χ4n) is 2.65. The lowest BCUT2D eigenvalue weighted by atomic mass is 9.87. The zero-order chi connectivity index (χ0) is 14.1. The summed E-state index contributed by atoms with van der Waals surface area (Å²) in [6.07, 6.45) is 5.94. The number of benzene rings is 1. The van der Waals surface area contributed by atoms with Gasteiger partial charge >= 0.3 is 0 Å². The Morgan fingerprint density at radius 1 is 1.45 bits per heavy atom. The monoisotopic (exact) mass is 289 g/mol. The summed E-state index contributed by atoms with van der Waals surface area (Å²) >= 11 is 1.77. The number of thioether (sulfide) groups is 1. The molecule has 0 radical (unpaired) electrons. The average molecular weight is 289 g/mol. The number of imidazole rings is 1. The Labute approximate surface area is 123 Å². The first kappa shape index (κ1) is 13.5. The summed E-state index contributed by atoms with van der Waals surface area (Å²) in [7, 11) is 3.71. The lowest BCUT2D eigenvalue weighted by Gasteiger charge is -2.30. The third-order valence-corrected chi connectivity index (χ3v) is 5.28. The molecule has 0 amide bonds. The second-order valence-corrected chi connectivity index (χ2v) is 6.31. The van der Waals surface area contributed by atoms with Crippen LogP contribution in [0.15, 0.2) is 35.7 Å². The summed E-state index contributed by atoms with van der Waals surface area (Å²) < 4.78 is 7.35. The molecule has 1 heterocycles. The molecule has 1 aliphatic carbocycles. The van der Waals surface area contributed by atoms with Gasteiger partial charge in [0, 0.05) is 30.7 Å². The Kier molecular flexibility index (Phi) is 3.72. The number of nitrogens with two attached hydrogens (primary N) is 1. The van der Waals surface area contributed by atoms with Gasteiger partial charge in [0.1, 0.15) is 5.75 Å². The molecule has 3 rings (SSSR count). The van der Waals surface area contributed by atoms with Crippen molar-refractivity contribution >= 4 is 11.8 Å². The van der Waals surface area contributed by atoms with E-state index in [0.717, 1.165) is 23.7 Å². The highest BCUT2D eigenvalue weighted by Crippen LogP contribution is 2.39. The van der Waals surface area contributed by atoms with Crippen molar-refractivity contribution < 1.29 is 4.74 Å². The van der Waals surface area contributed by atoms with E-state index in [2.05, 4.69) is 17.1 Å². The van der Waals surface area contributed by atoms with Crippen LogP contribution in [0.5, 0.6) is 5.75 Å². The largest absolute Gasteiger partial charge is 0.497 e. The minimum absolute atomic E-state index is 0.0237. The Morgan fingerprint density at radius 2 is 2.30 bits per heavy atom. The van der Waals surface area contributed by atoms with Crippen molar-refractivity contribution in [1.29, 1.82) is 0 Å². The van der Waals surface area contributed by atoms with Crippen LogP contribution in [0.2, 0.25) is 0 Å². The molecule has 20 heavy (non-hydrogen) atoms. The molecule has 1 aromatic heterocycles. The van der Waals surface area contributed by atoms with Gasteiger partial charge in [-0.2, -0.15) is 0 Å². The summed E-state index contributed by atoms with van der Waals surface area (Å²) in [4.78, 5) is 4.38. The molecule has 1 aromatic carbocycles. The lowest BCUT2D eigenvalue weighted by molar-refractivity contribution is 0.412. The second kappa shape index (κ2) is 5.50. The number of aryl methyl sites for hydroxylation is 2. The van der Waals surface area contributed by atoms with Crippen LogP contribution in [0.25, 0.3) is 0 Å². The first-order chi connectivity index (χ1) is 9.69. The number of aromatic nitrogens is 2. The number of fused-ring (bicyclic) bond motifs is 1. The van der Waals surface area contributed by atoms with Crippen molar-refractivity contribution in [3.8, 4) is 5.75 Å². The highest BCUT2D eigenvalue weighted by molar-refractivity contribution is 7.99. The van der Waals surface area contributed by atoms with Crippen molar-refractivity contribution in [3.05, 3.63) is 41.7 Å². The van der Waals surface area contributed by atoms with E-state index < -0.39 is 0 Å². The zero-order valence-electron chi connectivity index (χ0n) is 11.7. The molecule has 0 saturated carbocycles. The van der Waals surface area contributed by atoms with Crippen LogP contribution >= 0.6 is 11.8 Å². The molecule has 0 bridgehead atoms. The molecule has 5 heteroatoms. The van der Waals surface area contributed by atoms with E-state index in [0.29, 0.717) is 5.25 Å². The predicted octanol–water partition coefficient (Wildman–Crippen LogP) is 2.54. The maximum Gasteiger partial charge on any atom is 0.168 e. The van der Waals surface area contributed by atoms with Gasteiger partial charge in [0.15, 0.2) is 5.16 Å². The van der Waals surface area contributed by atoms with Gasteiger partial charge in [0.2, 0.25) is 0 Å². The third-order valence-electron chi connectivity index (χ3n) is 3.84. The molecule has 2 N–H and O–H groups in total. The normalized spacial score (nSPS) is 21.6. The van der Waals surface area contributed by atoms with Gasteiger partial charge in [0.25, 0.3) is 0 Å². The maximum atomic E-state index is 6.47. The first-order valence-corrected chi connectivity index (χ1v) is 7.63. The molecule has 2 unspecified atom stereocenters. The van der Waals surface area contributed by atoms with E-state index in [1.807, 2.05) is 30.1 Å². The molecular weight excluding hydrogens is 270 g/mol. The summed E-state index contributed by atoms with van der Waals surface area (Å²) in [5, 5.41) is 1.38. The fourth-order valence-corrected chi connectivity index (χ4v) is 3.80. The van der Waals surface area contributed by atoms with Crippen LogP contribution in [0, 0.1) is 0 Å². The molecule has 1 aliphatic rings. The zero-order valence-corrected chi connectivity index (χ0v) is 12.6. The van der Waals surface area contributed by atoms with Gasteiger partial charge in [-0.05, 0) is 36.1 Å². The molecule has 0 saturated heterocycles. The summed E-state index contributed by atoms with van der Waals surface area (Å²) in [6, 6.07) is 6.24. The molecule has 0 fully saturated rings. The van der Waals surface area contributed by atoms with Crippen molar-refractivity contribution in [1.82, 2.24) is 9.55 Å². The predicted molar refractivity (Wildman–Crippen MR) is 81.1 cm³/mol. The number of nitrogens with zero attached hydrogens (tertiary/aromatic N) is 2. The number of methoxy groups -OCH3 is 1. The third kappa shape index (κ3) is 2.43. The van der Waals surface area contributed by atoms with Crippen molar-refractivity contribution in [2.75, 3.05) is 7.11 Å². The number of hydrogen-bond donors (Lipinski definition) is 1. The maximum absolute atomic E-state index is 6.47. The Morgan fingerprint density at radius 3 is 3.00 bits per heavy atom. The molecular formula is C15H19N3OS. The quantitative estimate of drug-likeness (QED) is 0.943. The van der Waals surface area contributed by atoms with E-state index in [4.69, 9.17) is 10.5 Å². The minimum Gasteiger partial charge on any atom is -0.497 e. The summed E-state index contributed by atoms with van der Waals surface area (Å²) in [5.74, 6) is 0.877. The second-order valence-electron chi connectivity index (χ2n) is 5.11.